The molecule has 2 aromatic carbocycles. The third kappa shape index (κ3) is 4.94. The highest BCUT2D eigenvalue weighted by molar-refractivity contribution is 9.10. The Morgan fingerprint density at radius 1 is 1.09 bits per heavy atom. The molecule has 3 rings (SSSR count). The number of amides is 2. The molecule has 0 N–H and O–H groups in total. The van der Waals surface area contributed by atoms with Crippen LogP contribution in [-0.4, -0.2) is 48.7 Å². The van der Waals surface area contributed by atoms with Crippen molar-refractivity contribution in [3.63, 3.8) is 0 Å². The number of hydrogen-bond acceptors (Lipinski definition) is 6. The first-order valence-electron chi connectivity index (χ1n) is 10.9. The molecule has 1 fully saturated rings. The molecule has 0 radical (unpaired) electrons. The van der Waals surface area contributed by atoms with Crippen molar-refractivity contribution in [1.29, 1.82) is 0 Å². The summed E-state index contributed by atoms with van der Waals surface area (Å²) in [5.41, 5.74) is -0.385. The molecule has 2 aromatic rings. The molecule has 0 bridgehead atoms. The Labute approximate surface area is 208 Å². The smallest absolute Gasteiger partial charge is 0.338 e. The van der Waals surface area contributed by atoms with Crippen molar-refractivity contribution in [3.8, 4) is 0 Å². The summed E-state index contributed by atoms with van der Waals surface area (Å²) in [4.78, 5) is 39.3. The van der Waals surface area contributed by atoms with E-state index in [9.17, 15) is 22.8 Å². The average molecular weight is 551 g/mol. The van der Waals surface area contributed by atoms with Crippen LogP contribution in [0, 0.1) is 0 Å². The zero-order valence-corrected chi connectivity index (χ0v) is 21.9. The minimum absolute atomic E-state index is 0.0368. The molecule has 0 aliphatic carbocycles. The largest absolute Gasteiger partial charge is 0.462 e. The molecule has 182 valence electrons. The van der Waals surface area contributed by atoms with Crippen LogP contribution in [0.3, 0.4) is 0 Å². The summed E-state index contributed by atoms with van der Waals surface area (Å²) >= 11 is 3.30. The topological polar surface area (TPSA) is 101 Å². The predicted molar refractivity (Wildman–Crippen MR) is 131 cm³/mol. The van der Waals surface area contributed by atoms with Gasteiger partial charge in [0, 0.05) is 10.0 Å². The number of imide groups is 1. The number of carbonyl (C=O) groups is 3. The van der Waals surface area contributed by atoms with E-state index >= 15 is 0 Å². The summed E-state index contributed by atoms with van der Waals surface area (Å²) in [5.74, 6) is -1.65. The van der Waals surface area contributed by atoms with Crippen LogP contribution in [0.5, 0.6) is 0 Å². The van der Waals surface area contributed by atoms with Crippen LogP contribution >= 0.6 is 15.9 Å². The van der Waals surface area contributed by atoms with E-state index in [1.165, 1.54) is 36.4 Å². The van der Waals surface area contributed by atoms with Crippen molar-refractivity contribution in [2.45, 2.75) is 57.0 Å². The summed E-state index contributed by atoms with van der Waals surface area (Å²) in [7, 11) is -4.11. The second kappa shape index (κ2) is 9.97. The molecule has 1 aliphatic heterocycles. The van der Waals surface area contributed by atoms with Gasteiger partial charge in [0.25, 0.3) is 5.91 Å². The standard InChI is InChI=1S/C24H27BrN2O6S/c1-5-24(3,4)27(34(31,32)19-13-9-17(25)10-14-19)20-15-21(28)26(22(20)29)18-11-7-16(8-12-18)23(30)33-6-2/h7-14,20H,5-6,15H2,1-4H3. The van der Waals surface area contributed by atoms with E-state index in [1.54, 1.807) is 32.9 Å². The Kier molecular flexibility index (Phi) is 7.64. The SMILES string of the molecule is CCOC(=O)c1ccc(N2C(=O)CC(N(C(C)(C)CC)S(=O)(=O)c3ccc(Br)cc3)C2=O)cc1. The van der Waals surface area contributed by atoms with Gasteiger partial charge in [0.05, 0.1) is 29.2 Å². The predicted octanol–water partition coefficient (Wildman–Crippen LogP) is 4.14. The number of benzene rings is 2. The lowest BCUT2D eigenvalue weighted by Crippen LogP contribution is -2.55. The van der Waals surface area contributed by atoms with Crippen LogP contribution in [0.25, 0.3) is 0 Å². The van der Waals surface area contributed by atoms with Gasteiger partial charge < -0.3 is 4.74 Å². The van der Waals surface area contributed by atoms with Crippen LogP contribution in [0.1, 0.15) is 50.9 Å². The molecular weight excluding hydrogens is 524 g/mol. The van der Waals surface area contributed by atoms with Gasteiger partial charge in [-0.2, -0.15) is 4.31 Å². The highest BCUT2D eigenvalue weighted by atomic mass is 79.9. The molecule has 1 heterocycles. The van der Waals surface area contributed by atoms with E-state index in [1.807, 2.05) is 6.92 Å². The van der Waals surface area contributed by atoms with Gasteiger partial charge >= 0.3 is 5.97 Å². The summed E-state index contributed by atoms with van der Waals surface area (Å²) < 4.78 is 34.2. The van der Waals surface area contributed by atoms with Crippen molar-refractivity contribution in [1.82, 2.24) is 4.31 Å². The number of carbonyl (C=O) groups excluding carboxylic acids is 3. The molecule has 2 amide bonds. The normalized spacial score (nSPS) is 16.9. The molecule has 34 heavy (non-hydrogen) atoms. The maximum Gasteiger partial charge on any atom is 0.338 e. The maximum atomic E-state index is 13.7. The molecule has 1 saturated heterocycles. The van der Waals surface area contributed by atoms with E-state index < -0.39 is 39.4 Å². The number of rotatable bonds is 8. The number of ether oxygens (including phenoxy) is 1. The van der Waals surface area contributed by atoms with Gasteiger partial charge in [0.1, 0.15) is 6.04 Å². The summed E-state index contributed by atoms with van der Waals surface area (Å²) in [6.45, 7) is 7.22. The van der Waals surface area contributed by atoms with Gasteiger partial charge in [0.15, 0.2) is 0 Å². The lowest BCUT2D eigenvalue weighted by Gasteiger charge is -2.39. The van der Waals surface area contributed by atoms with Gasteiger partial charge in [0.2, 0.25) is 15.9 Å². The van der Waals surface area contributed by atoms with Crippen LogP contribution in [0.15, 0.2) is 57.9 Å². The zero-order chi connectivity index (χ0) is 25.3. The third-order valence-corrected chi connectivity index (χ3v) is 8.54. The molecule has 8 nitrogen and oxygen atoms in total. The molecule has 0 aromatic heterocycles. The Morgan fingerprint density at radius 2 is 1.68 bits per heavy atom. The molecular formula is C24H27BrN2O6S. The van der Waals surface area contributed by atoms with E-state index in [2.05, 4.69) is 15.9 Å². The fraction of sp³-hybridized carbons (Fsp3) is 0.375. The Hall–Kier alpha value is -2.56. The first-order chi connectivity index (χ1) is 15.9. The van der Waals surface area contributed by atoms with Gasteiger partial charge in [-0.1, -0.05) is 22.9 Å². The zero-order valence-electron chi connectivity index (χ0n) is 19.4. The second-order valence-electron chi connectivity index (χ2n) is 8.48. The number of halogens is 1. The first kappa shape index (κ1) is 26.1. The lowest BCUT2D eigenvalue weighted by molar-refractivity contribution is -0.122. The van der Waals surface area contributed by atoms with Crippen molar-refractivity contribution in [2.24, 2.45) is 0 Å². The number of nitrogens with zero attached hydrogens (tertiary/aromatic N) is 2. The Balaban J connectivity index is 1.99. The van der Waals surface area contributed by atoms with Crippen molar-refractivity contribution < 1.29 is 27.5 Å². The third-order valence-electron chi connectivity index (χ3n) is 5.87. The van der Waals surface area contributed by atoms with Crippen LogP contribution in [0.2, 0.25) is 0 Å². The minimum Gasteiger partial charge on any atom is -0.462 e. The summed E-state index contributed by atoms with van der Waals surface area (Å²) in [6, 6.07) is 10.8. The maximum absolute atomic E-state index is 13.7. The molecule has 0 spiro atoms. The van der Waals surface area contributed by atoms with E-state index in [4.69, 9.17) is 4.74 Å². The fourth-order valence-corrected chi connectivity index (χ4v) is 6.07. The van der Waals surface area contributed by atoms with Gasteiger partial charge in [-0.3, -0.25) is 9.59 Å². The summed E-state index contributed by atoms with van der Waals surface area (Å²) in [6.07, 6.45) is 0.145. The van der Waals surface area contributed by atoms with E-state index in [0.717, 1.165) is 13.7 Å². The van der Waals surface area contributed by atoms with E-state index in [0.29, 0.717) is 6.42 Å². The van der Waals surface area contributed by atoms with Crippen LogP contribution in [0.4, 0.5) is 5.69 Å². The Morgan fingerprint density at radius 3 is 2.21 bits per heavy atom. The van der Waals surface area contributed by atoms with E-state index in [-0.39, 0.29) is 29.2 Å². The number of hydrogen-bond donors (Lipinski definition) is 0. The average Bonchev–Trinajstić information content (AvgIpc) is 3.07. The molecule has 1 unspecified atom stereocenters. The second-order valence-corrected chi connectivity index (χ2v) is 11.2. The van der Waals surface area contributed by atoms with Gasteiger partial charge in [-0.25, -0.2) is 18.1 Å². The minimum atomic E-state index is -4.11. The van der Waals surface area contributed by atoms with Crippen molar-refractivity contribution in [2.75, 3.05) is 11.5 Å². The number of esters is 1. The molecule has 10 heteroatoms. The highest BCUT2D eigenvalue weighted by Crippen LogP contribution is 2.36. The lowest BCUT2D eigenvalue weighted by atomic mass is 10.00. The van der Waals surface area contributed by atoms with Crippen LogP contribution in [-0.2, 0) is 24.3 Å². The van der Waals surface area contributed by atoms with Crippen molar-refractivity contribution >= 4 is 49.4 Å². The van der Waals surface area contributed by atoms with Crippen molar-refractivity contribution in [3.05, 3.63) is 58.6 Å². The monoisotopic (exact) mass is 550 g/mol. The number of sulfonamides is 1. The molecule has 1 atom stereocenters. The fourth-order valence-electron chi connectivity index (χ4n) is 3.82. The quantitative estimate of drug-likeness (QED) is 0.361. The molecule has 1 aliphatic rings. The van der Waals surface area contributed by atoms with Gasteiger partial charge in [-0.15, -0.1) is 0 Å². The Bertz CT molecular complexity index is 1190. The number of anilines is 1. The van der Waals surface area contributed by atoms with Crippen LogP contribution < -0.4 is 4.90 Å². The van der Waals surface area contributed by atoms with Gasteiger partial charge in [-0.05, 0) is 75.7 Å². The molecule has 0 saturated carbocycles. The summed E-state index contributed by atoms with van der Waals surface area (Å²) in [5, 5.41) is 0. The highest BCUT2D eigenvalue weighted by Gasteiger charge is 2.51. The first-order valence-corrected chi connectivity index (χ1v) is 13.1.